The van der Waals surface area contributed by atoms with Crippen molar-refractivity contribution < 1.29 is 18.8 Å². The van der Waals surface area contributed by atoms with Gasteiger partial charge in [-0.1, -0.05) is 12.1 Å². The van der Waals surface area contributed by atoms with Crippen LogP contribution < -0.4 is 10.2 Å². The van der Waals surface area contributed by atoms with E-state index in [0.29, 0.717) is 21.3 Å². The molecular weight excluding hydrogens is 607 g/mol. The number of hydrogen-bond donors (Lipinski definition) is 1. The zero-order chi connectivity index (χ0) is 28.6. The van der Waals surface area contributed by atoms with Crippen LogP contribution in [0.15, 0.2) is 53.4 Å². The first kappa shape index (κ1) is 27.7. The number of fused-ring (bicyclic) bond motifs is 1. The highest BCUT2D eigenvalue weighted by molar-refractivity contribution is 9.10. The van der Waals surface area contributed by atoms with E-state index in [1.165, 1.54) is 17.7 Å². The number of hydrogen-bond acceptors (Lipinski definition) is 8. The van der Waals surface area contributed by atoms with E-state index in [1.54, 1.807) is 42.7 Å². The van der Waals surface area contributed by atoms with Gasteiger partial charge >= 0.3 is 0 Å². The Labute approximate surface area is 241 Å². The van der Waals surface area contributed by atoms with Crippen LogP contribution in [0.1, 0.15) is 29.7 Å². The van der Waals surface area contributed by atoms with E-state index in [4.69, 9.17) is 17.5 Å². The predicted molar refractivity (Wildman–Crippen MR) is 149 cm³/mol. The number of carbonyl (C=O) groups excluding carboxylic acids is 3. The normalized spacial score (nSPS) is 16.9. The first-order chi connectivity index (χ1) is 19.2. The minimum Gasteiger partial charge on any atom is -0.326 e. The molecule has 1 aromatic carbocycles. The largest absolute Gasteiger partial charge is 0.326 e. The molecule has 0 bridgehead atoms. The van der Waals surface area contributed by atoms with E-state index < -0.39 is 24.0 Å². The van der Waals surface area contributed by atoms with Crippen LogP contribution in [0.2, 0.25) is 0 Å². The van der Waals surface area contributed by atoms with Crippen molar-refractivity contribution in [3.63, 3.8) is 0 Å². The summed E-state index contributed by atoms with van der Waals surface area (Å²) in [6, 6.07) is 9.02. The van der Waals surface area contributed by atoms with Gasteiger partial charge in [-0.25, -0.2) is 23.8 Å². The quantitative estimate of drug-likeness (QED) is 0.186. The highest BCUT2D eigenvalue weighted by Gasteiger charge is 2.42. The lowest BCUT2D eigenvalue weighted by Gasteiger charge is -2.26. The fourth-order valence-electron chi connectivity index (χ4n) is 4.61. The maximum absolute atomic E-state index is 14.5. The third-order valence-electron chi connectivity index (χ3n) is 6.54. The van der Waals surface area contributed by atoms with E-state index in [1.807, 2.05) is 0 Å². The number of amides is 2. The molecule has 1 saturated heterocycles. The van der Waals surface area contributed by atoms with Crippen LogP contribution >= 0.6 is 27.7 Å². The van der Waals surface area contributed by atoms with Crippen molar-refractivity contribution in [2.24, 2.45) is 5.73 Å². The van der Waals surface area contributed by atoms with E-state index in [-0.39, 0.29) is 43.4 Å². The number of Topliss-reactive ketones (excluding diaryl/α,β-unsaturated/α-hetero) is 1. The number of ketones is 1. The van der Waals surface area contributed by atoms with Gasteiger partial charge in [-0.2, -0.15) is 5.10 Å². The van der Waals surface area contributed by atoms with Crippen molar-refractivity contribution in [1.82, 2.24) is 29.6 Å². The van der Waals surface area contributed by atoms with E-state index in [0.717, 1.165) is 20.4 Å². The van der Waals surface area contributed by atoms with Crippen LogP contribution in [0.3, 0.4) is 0 Å². The molecule has 3 aromatic heterocycles. The van der Waals surface area contributed by atoms with Crippen molar-refractivity contribution in [2.75, 3.05) is 11.0 Å². The molecule has 4 aromatic rings. The summed E-state index contributed by atoms with van der Waals surface area (Å²) in [6.07, 6.45) is 1.67. The molecule has 1 aliphatic rings. The fourth-order valence-corrected chi connectivity index (χ4v) is 5.15. The van der Waals surface area contributed by atoms with Crippen molar-refractivity contribution in [3.8, 4) is 11.1 Å². The van der Waals surface area contributed by atoms with Crippen LogP contribution in [0.25, 0.3) is 22.0 Å². The fraction of sp³-hybridized carbons (Fsp3) is 0.269. The van der Waals surface area contributed by atoms with E-state index in [2.05, 4.69) is 36.0 Å². The average Bonchev–Trinajstić information content (AvgIpc) is 3.52. The molecule has 2 N–H and O–H groups in total. The second-order valence-electron chi connectivity index (χ2n) is 9.22. The second-order valence-corrected chi connectivity index (χ2v) is 10.4. The molecule has 206 valence electrons. The van der Waals surface area contributed by atoms with Crippen LogP contribution in [0, 0.1) is 0 Å². The van der Waals surface area contributed by atoms with Gasteiger partial charge in [-0.05, 0) is 45.8 Å². The van der Waals surface area contributed by atoms with Crippen LogP contribution in [0.5, 0.6) is 0 Å². The number of pyridine rings is 1. The van der Waals surface area contributed by atoms with Gasteiger partial charge < -0.3 is 10.6 Å². The molecule has 5 rings (SSSR count). The highest BCUT2D eigenvalue weighted by atomic mass is 79.9. The monoisotopic (exact) mass is 628 g/mol. The van der Waals surface area contributed by atoms with Crippen molar-refractivity contribution >= 4 is 62.0 Å². The smallest absolute Gasteiger partial charge is 0.265 e. The van der Waals surface area contributed by atoms with E-state index >= 15 is 0 Å². The molecule has 4 heterocycles. The Balaban J connectivity index is 1.42. The van der Waals surface area contributed by atoms with Gasteiger partial charge in [0, 0.05) is 48.5 Å². The molecule has 0 saturated carbocycles. The third-order valence-corrected chi connectivity index (χ3v) is 7.32. The summed E-state index contributed by atoms with van der Waals surface area (Å²) in [4.78, 5) is 52.8. The molecule has 1 aliphatic heterocycles. The molecule has 1 fully saturated rings. The molecule has 0 radical (unpaired) electrons. The first-order valence-electron chi connectivity index (χ1n) is 12.2. The number of carbonyl (C=O) groups is 3. The number of nitrogens with zero attached hydrogens (tertiary/aromatic N) is 7. The molecule has 40 heavy (non-hydrogen) atoms. The minimum absolute atomic E-state index is 0.138. The van der Waals surface area contributed by atoms with Gasteiger partial charge in [0.05, 0.1) is 18.6 Å². The molecule has 0 unspecified atom stereocenters. The van der Waals surface area contributed by atoms with Crippen LogP contribution in [-0.4, -0.2) is 66.0 Å². The van der Waals surface area contributed by atoms with Gasteiger partial charge in [0.2, 0.25) is 5.91 Å². The van der Waals surface area contributed by atoms with Gasteiger partial charge in [0.15, 0.2) is 11.6 Å². The standard InChI is InChI=1S/C26H23BrClFN8O3/c1-14(38)25-18-7-15(16-10-31-22(9-30)32-11-16)5-6-19(18)36(34-25)13-24(39)35-12-17(29)8-20(35)26(40)37(28)23-4-2-3-21(27)33-23/h2-7,10-11,17,20H,8-9,12-13,30H2,1H3/t17-,20+/m1/s1. The zero-order valence-electron chi connectivity index (χ0n) is 21.2. The SMILES string of the molecule is CC(=O)c1nn(CC(=O)N2C[C@H](F)C[C@H]2C(=O)N(Cl)c2cccc(Br)n2)c2ccc(-c3cnc(CN)nc3)cc12. The van der Waals surface area contributed by atoms with E-state index in [9.17, 15) is 18.8 Å². The van der Waals surface area contributed by atoms with Crippen molar-refractivity contribution in [3.05, 3.63) is 64.9 Å². The van der Waals surface area contributed by atoms with Crippen molar-refractivity contribution in [1.29, 1.82) is 0 Å². The topological polar surface area (TPSA) is 140 Å². The average molecular weight is 630 g/mol. The van der Waals surface area contributed by atoms with Gasteiger partial charge in [-0.3, -0.25) is 19.1 Å². The minimum atomic E-state index is -1.41. The first-order valence-corrected chi connectivity index (χ1v) is 13.4. The Kier molecular flexibility index (Phi) is 7.88. The summed E-state index contributed by atoms with van der Waals surface area (Å²) in [5, 5.41) is 4.92. The lowest BCUT2D eigenvalue weighted by molar-refractivity contribution is -0.137. The lowest BCUT2D eigenvalue weighted by Crippen LogP contribution is -2.46. The number of aromatic nitrogens is 5. The number of likely N-dealkylation sites (tertiary alicyclic amines) is 1. The number of anilines is 1. The number of alkyl halides is 1. The Morgan fingerprint density at radius 1 is 1.18 bits per heavy atom. The Morgan fingerprint density at radius 3 is 2.60 bits per heavy atom. The highest BCUT2D eigenvalue weighted by Crippen LogP contribution is 2.29. The molecule has 0 aliphatic carbocycles. The van der Waals surface area contributed by atoms with Gasteiger partial charge in [0.1, 0.15) is 34.9 Å². The van der Waals surface area contributed by atoms with Crippen LogP contribution in [0.4, 0.5) is 10.2 Å². The number of nitrogens with two attached hydrogens (primary N) is 1. The van der Waals surface area contributed by atoms with Gasteiger partial charge in [0.25, 0.3) is 5.91 Å². The summed E-state index contributed by atoms with van der Waals surface area (Å²) >= 11 is 9.48. The number of rotatable bonds is 7. The summed E-state index contributed by atoms with van der Waals surface area (Å²) in [5.41, 5.74) is 7.74. The Hall–Kier alpha value is -3.81. The summed E-state index contributed by atoms with van der Waals surface area (Å²) in [7, 11) is 0. The number of benzene rings is 1. The molecule has 14 heteroatoms. The Morgan fingerprint density at radius 2 is 1.93 bits per heavy atom. The maximum Gasteiger partial charge on any atom is 0.265 e. The second kappa shape index (κ2) is 11.4. The molecular formula is C26H23BrClFN8O3. The van der Waals surface area contributed by atoms with Crippen LogP contribution in [-0.2, 0) is 22.7 Å². The maximum atomic E-state index is 14.5. The third kappa shape index (κ3) is 5.44. The lowest BCUT2D eigenvalue weighted by atomic mass is 10.0. The number of halogens is 3. The summed E-state index contributed by atoms with van der Waals surface area (Å²) in [5.74, 6) is -0.873. The Bertz CT molecular complexity index is 1620. The molecule has 11 nitrogen and oxygen atoms in total. The van der Waals surface area contributed by atoms with Crippen molar-refractivity contribution in [2.45, 2.75) is 38.6 Å². The van der Waals surface area contributed by atoms with Gasteiger partial charge in [-0.15, -0.1) is 0 Å². The summed E-state index contributed by atoms with van der Waals surface area (Å²) < 4.78 is 17.1. The molecule has 2 atom stereocenters. The zero-order valence-corrected chi connectivity index (χ0v) is 23.5. The molecule has 2 amide bonds. The summed E-state index contributed by atoms with van der Waals surface area (Å²) in [6.45, 7) is 1.01. The predicted octanol–water partition coefficient (Wildman–Crippen LogP) is 3.44. The molecule has 0 spiro atoms.